The maximum Gasteiger partial charge on any atom is -0.0323 e. The summed E-state index contributed by atoms with van der Waals surface area (Å²) in [4.78, 5) is 0. The highest BCUT2D eigenvalue weighted by atomic mass is 14.5. The largest absolute Gasteiger partial charge is 0.0654 e. The van der Waals surface area contributed by atoms with Crippen molar-refractivity contribution in [3.8, 4) is 0 Å². The minimum absolute atomic E-state index is 0.625. The number of hydrogen-bond donors (Lipinski definition) is 0. The van der Waals surface area contributed by atoms with Crippen molar-refractivity contribution < 1.29 is 0 Å². The van der Waals surface area contributed by atoms with Gasteiger partial charge in [0, 0.05) is 0 Å². The van der Waals surface area contributed by atoms with Crippen LogP contribution in [-0.2, 0) is 0 Å². The minimum atomic E-state index is 0.625. The third-order valence-electron chi connectivity index (χ3n) is 5.16. The lowest BCUT2D eigenvalue weighted by atomic mass is 9.70. The Bertz CT molecular complexity index is 204. The Labute approximate surface area is 95.8 Å². The molecule has 0 heteroatoms. The predicted octanol–water partition coefficient (Wildman–Crippen LogP) is 5.03. The molecular weight excluding hydrogens is 180 g/mol. The molecule has 0 aromatic heterocycles. The van der Waals surface area contributed by atoms with Gasteiger partial charge in [-0.1, -0.05) is 52.9 Å². The van der Waals surface area contributed by atoms with Crippen LogP contribution in [0, 0.1) is 23.2 Å². The number of hydrogen-bond acceptors (Lipinski definition) is 0. The van der Waals surface area contributed by atoms with Crippen LogP contribution in [0.25, 0.3) is 0 Å². The molecule has 0 spiro atoms. The standard InChI is InChI=1S/C15H28/c1-4-5-9-15(2,3)14-11-12-7-6-8-13(14)10-12/h12-14H,4-11H2,1-3H3. The molecule has 0 aromatic carbocycles. The molecule has 2 fully saturated rings. The Hall–Kier alpha value is 0. The molecule has 2 aliphatic carbocycles. The van der Waals surface area contributed by atoms with Crippen molar-refractivity contribution >= 4 is 0 Å². The van der Waals surface area contributed by atoms with E-state index in [2.05, 4.69) is 20.8 Å². The molecule has 15 heavy (non-hydrogen) atoms. The summed E-state index contributed by atoms with van der Waals surface area (Å²) in [6.45, 7) is 7.39. The van der Waals surface area contributed by atoms with Gasteiger partial charge in [-0.05, 0) is 42.4 Å². The van der Waals surface area contributed by atoms with Crippen molar-refractivity contribution in [1.29, 1.82) is 0 Å². The first-order chi connectivity index (χ1) is 7.13. The summed E-state index contributed by atoms with van der Waals surface area (Å²) >= 11 is 0. The van der Waals surface area contributed by atoms with Gasteiger partial charge in [0.1, 0.15) is 0 Å². The Morgan fingerprint density at radius 3 is 2.60 bits per heavy atom. The fraction of sp³-hybridized carbons (Fsp3) is 1.00. The summed E-state index contributed by atoms with van der Waals surface area (Å²) in [5.74, 6) is 3.25. The van der Waals surface area contributed by atoms with Gasteiger partial charge in [0.25, 0.3) is 0 Å². The average Bonchev–Trinajstić information content (AvgIpc) is 2.52. The molecule has 2 rings (SSSR count). The van der Waals surface area contributed by atoms with Gasteiger partial charge in [-0.3, -0.25) is 0 Å². The molecular formula is C15H28. The molecule has 2 aliphatic rings. The van der Waals surface area contributed by atoms with Gasteiger partial charge in [-0.25, -0.2) is 0 Å². The van der Waals surface area contributed by atoms with Crippen LogP contribution < -0.4 is 0 Å². The van der Waals surface area contributed by atoms with E-state index in [1.165, 1.54) is 38.5 Å². The van der Waals surface area contributed by atoms with Crippen molar-refractivity contribution in [3.05, 3.63) is 0 Å². The van der Waals surface area contributed by atoms with Gasteiger partial charge < -0.3 is 0 Å². The topological polar surface area (TPSA) is 0 Å². The van der Waals surface area contributed by atoms with Gasteiger partial charge in [-0.2, -0.15) is 0 Å². The number of fused-ring (bicyclic) bond motifs is 2. The van der Waals surface area contributed by atoms with Crippen molar-refractivity contribution in [2.45, 2.75) is 72.1 Å². The monoisotopic (exact) mass is 208 g/mol. The van der Waals surface area contributed by atoms with Gasteiger partial charge in [-0.15, -0.1) is 0 Å². The maximum absolute atomic E-state index is 2.54. The van der Waals surface area contributed by atoms with Gasteiger partial charge in [0.05, 0.1) is 0 Å². The summed E-state index contributed by atoms with van der Waals surface area (Å²) in [5, 5.41) is 0. The zero-order valence-corrected chi connectivity index (χ0v) is 10.9. The van der Waals surface area contributed by atoms with Crippen LogP contribution in [0.2, 0.25) is 0 Å². The predicted molar refractivity (Wildman–Crippen MR) is 66.9 cm³/mol. The zero-order chi connectivity index (χ0) is 10.9. The van der Waals surface area contributed by atoms with E-state index < -0.39 is 0 Å². The van der Waals surface area contributed by atoms with Crippen LogP contribution in [-0.4, -0.2) is 0 Å². The summed E-state index contributed by atoms with van der Waals surface area (Å²) in [6, 6.07) is 0. The molecule has 0 saturated heterocycles. The maximum atomic E-state index is 2.54. The average molecular weight is 208 g/mol. The summed E-state index contributed by atoms with van der Waals surface area (Å²) in [6.07, 6.45) is 12.0. The number of rotatable bonds is 4. The minimum Gasteiger partial charge on any atom is -0.0654 e. The van der Waals surface area contributed by atoms with Crippen molar-refractivity contribution in [2.75, 3.05) is 0 Å². The van der Waals surface area contributed by atoms with E-state index in [9.17, 15) is 0 Å². The van der Waals surface area contributed by atoms with Gasteiger partial charge >= 0.3 is 0 Å². The third-order valence-corrected chi connectivity index (χ3v) is 5.16. The molecule has 3 unspecified atom stereocenters. The molecule has 0 amide bonds. The molecule has 88 valence electrons. The van der Waals surface area contributed by atoms with E-state index in [1.807, 2.05) is 0 Å². The Balaban J connectivity index is 1.97. The van der Waals surface area contributed by atoms with E-state index in [0.717, 1.165) is 17.8 Å². The second kappa shape index (κ2) is 4.47. The van der Waals surface area contributed by atoms with Crippen LogP contribution in [0.5, 0.6) is 0 Å². The Kier molecular flexibility index (Phi) is 3.42. The van der Waals surface area contributed by atoms with Crippen LogP contribution in [0.3, 0.4) is 0 Å². The lowest BCUT2D eigenvalue weighted by molar-refractivity contribution is 0.142. The van der Waals surface area contributed by atoms with Crippen LogP contribution in [0.4, 0.5) is 0 Å². The highest BCUT2D eigenvalue weighted by Gasteiger charge is 2.43. The summed E-state index contributed by atoms with van der Waals surface area (Å²) < 4.78 is 0. The number of unbranched alkanes of at least 4 members (excludes halogenated alkanes) is 1. The third kappa shape index (κ3) is 2.40. The molecule has 2 bridgehead atoms. The summed E-state index contributed by atoms with van der Waals surface area (Å²) in [7, 11) is 0. The van der Waals surface area contributed by atoms with E-state index in [1.54, 1.807) is 12.8 Å². The lowest BCUT2D eigenvalue weighted by Gasteiger charge is -2.36. The SMILES string of the molecule is CCCCC(C)(C)C1CC2CCCC1C2. The van der Waals surface area contributed by atoms with Gasteiger partial charge in [0.15, 0.2) is 0 Å². The van der Waals surface area contributed by atoms with E-state index >= 15 is 0 Å². The highest BCUT2D eigenvalue weighted by molar-refractivity contribution is 4.94. The van der Waals surface area contributed by atoms with Crippen LogP contribution in [0.15, 0.2) is 0 Å². The second-order valence-corrected chi connectivity index (χ2v) is 6.73. The van der Waals surface area contributed by atoms with Gasteiger partial charge in [0.2, 0.25) is 0 Å². The first kappa shape index (κ1) is 11.5. The normalized spacial score (nSPS) is 35.8. The van der Waals surface area contributed by atoms with Crippen LogP contribution in [0.1, 0.15) is 72.1 Å². The molecule has 0 nitrogen and oxygen atoms in total. The Morgan fingerprint density at radius 2 is 1.93 bits per heavy atom. The first-order valence-corrected chi connectivity index (χ1v) is 7.13. The fourth-order valence-corrected chi connectivity index (χ4v) is 4.24. The summed E-state index contributed by atoms with van der Waals surface area (Å²) in [5.41, 5.74) is 0.625. The zero-order valence-electron chi connectivity index (χ0n) is 10.9. The molecule has 2 saturated carbocycles. The molecule has 0 aliphatic heterocycles. The molecule has 0 heterocycles. The van der Waals surface area contributed by atoms with Crippen molar-refractivity contribution in [2.24, 2.45) is 23.2 Å². The quantitative estimate of drug-likeness (QED) is 0.608. The smallest absolute Gasteiger partial charge is 0.0323 e. The molecule has 3 atom stereocenters. The fourth-order valence-electron chi connectivity index (χ4n) is 4.24. The van der Waals surface area contributed by atoms with E-state index in [4.69, 9.17) is 0 Å². The lowest BCUT2D eigenvalue weighted by Crippen LogP contribution is -2.27. The molecule has 0 N–H and O–H groups in total. The Morgan fingerprint density at radius 1 is 1.13 bits per heavy atom. The van der Waals surface area contributed by atoms with Crippen molar-refractivity contribution in [1.82, 2.24) is 0 Å². The second-order valence-electron chi connectivity index (χ2n) is 6.73. The molecule has 0 aromatic rings. The molecule has 0 radical (unpaired) electrons. The van der Waals surface area contributed by atoms with Crippen molar-refractivity contribution in [3.63, 3.8) is 0 Å². The first-order valence-electron chi connectivity index (χ1n) is 7.13. The van der Waals surface area contributed by atoms with Crippen LogP contribution >= 0.6 is 0 Å². The van der Waals surface area contributed by atoms with E-state index in [0.29, 0.717) is 5.41 Å². The van der Waals surface area contributed by atoms with E-state index in [-0.39, 0.29) is 0 Å². The highest BCUT2D eigenvalue weighted by Crippen LogP contribution is 2.53.